The normalized spacial score (nSPS) is 11.0. The van der Waals surface area contributed by atoms with Crippen LogP contribution in [0.15, 0.2) is 22.7 Å². The molecule has 0 heterocycles. The van der Waals surface area contributed by atoms with Crippen LogP contribution >= 0.6 is 27.5 Å². The first-order chi connectivity index (χ1) is 7.19. The quantitative estimate of drug-likeness (QED) is 0.780. The van der Waals surface area contributed by atoms with Crippen LogP contribution in [0.4, 0.5) is 0 Å². The van der Waals surface area contributed by atoms with Crippen molar-refractivity contribution < 1.29 is 0 Å². The second-order valence-electron chi connectivity index (χ2n) is 3.58. The maximum Gasteiger partial charge on any atom is 0.0551 e. The first-order valence-electron chi connectivity index (χ1n) is 5.34. The van der Waals surface area contributed by atoms with Gasteiger partial charge in [-0.05, 0) is 47.1 Å². The average Bonchev–Trinajstić information content (AvgIpc) is 2.24. The van der Waals surface area contributed by atoms with Crippen LogP contribution in [0.25, 0.3) is 0 Å². The summed E-state index contributed by atoms with van der Waals surface area (Å²) in [7, 11) is 0. The van der Waals surface area contributed by atoms with Crippen LogP contribution in [-0.4, -0.2) is 18.0 Å². The summed E-state index contributed by atoms with van der Waals surface area (Å²) in [6, 6.07) is 6.03. The highest BCUT2D eigenvalue weighted by atomic mass is 79.9. The molecule has 0 aliphatic carbocycles. The van der Waals surface area contributed by atoms with Crippen LogP contribution in [0.5, 0.6) is 0 Å². The maximum absolute atomic E-state index is 6.05. The van der Waals surface area contributed by atoms with Gasteiger partial charge in [-0.3, -0.25) is 4.90 Å². The molecule has 0 bridgehead atoms. The molecule has 84 valence electrons. The van der Waals surface area contributed by atoms with E-state index in [1.54, 1.807) is 0 Å². The van der Waals surface area contributed by atoms with Gasteiger partial charge in [0.25, 0.3) is 0 Å². The number of nitrogens with zero attached hydrogens (tertiary/aromatic N) is 1. The van der Waals surface area contributed by atoms with Gasteiger partial charge < -0.3 is 0 Å². The SMILES string of the molecule is CCCN(CC)Cc1cccc(Cl)c1Br. The van der Waals surface area contributed by atoms with Gasteiger partial charge in [0.05, 0.1) is 5.02 Å². The highest BCUT2D eigenvalue weighted by Gasteiger charge is 2.07. The van der Waals surface area contributed by atoms with Crippen LogP contribution in [0.2, 0.25) is 5.02 Å². The fraction of sp³-hybridized carbons (Fsp3) is 0.500. The minimum absolute atomic E-state index is 0.792. The van der Waals surface area contributed by atoms with Gasteiger partial charge in [-0.1, -0.05) is 37.6 Å². The van der Waals surface area contributed by atoms with Crippen molar-refractivity contribution in [2.75, 3.05) is 13.1 Å². The van der Waals surface area contributed by atoms with Crippen molar-refractivity contribution in [3.63, 3.8) is 0 Å². The molecule has 0 N–H and O–H groups in total. The molecule has 0 spiro atoms. The molecule has 0 aromatic heterocycles. The topological polar surface area (TPSA) is 3.24 Å². The Morgan fingerprint density at radius 3 is 2.67 bits per heavy atom. The predicted octanol–water partition coefficient (Wildman–Crippen LogP) is 4.33. The molecule has 0 amide bonds. The molecule has 0 aliphatic heterocycles. The average molecular weight is 291 g/mol. The Morgan fingerprint density at radius 1 is 1.33 bits per heavy atom. The first-order valence-corrected chi connectivity index (χ1v) is 6.51. The lowest BCUT2D eigenvalue weighted by Crippen LogP contribution is -2.23. The van der Waals surface area contributed by atoms with Crippen LogP contribution < -0.4 is 0 Å². The van der Waals surface area contributed by atoms with E-state index in [-0.39, 0.29) is 0 Å². The standard InChI is InChI=1S/C12H17BrClN/c1-3-8-15(4-2)9-10-6-5-7-11(14)12(10)13/h5-7H,3-4,8-9H2,1-2H3. The Morgan fingerprint density at radius 2 is 2.07 bits per heavy atom. The number of benzene rings is 1. The minimum atomic E-state index is 0.792. The molecule has 1 nitrogen and oxygen atoms in total. The van der Waals surface area contributed by atoms with Gasteiger partial charge in [0.2, 0.25) is 0 Å². The highest BCUT2D eigenvalue weighted by Crippen LogP contribution is 2.26. The van der Waals surface area contributed by atoms with Crippen molar-refractivity contribution in [3.8, 4) is 0 Å². The highest BCUT2D eigenvalue weighted by molar-refractivity contribution is 9.10. The lowest BCUT2D eigenvalue weighted by Gasteiger charge is -2.20. The molecule has 3 heteroatoms. The predicted molar refractivity (Wildman–Crippen MR) is 70.4 cm³/mol. The van der Waals surface area contributed by atoms with E-state index in [4.69, 9.17) is 11.6 Å². The Balaban J connectivity index is 2.74. The van der Waals surface area contributed by atoms with Crippen LogP contribution in [0.1, 0.15) is 25.8 Å². The van der Waals surface area contributed by atoms with Crippen molar-refractivity contribution >= 4 is 27.5 Å². The van der Waals surface area contributed by atoms with E-state index >= 15 is 0 Å². The summed E-state index contributed by atoms with van der Waals surface area (Å²) in [5, 5.41) is 0.792. The van der Waals surface area contributed by atoms with E-state index in [0.29, 0.717) is 0 Å². The molecule has 0 fully saturated rings. The van der Waals surface area contributed by atoms with Crippen molar-refractivity contribution in [1.29, 1.82) is 0 Å². The number of rotatable bonds is 5. The van der Waals surface area contributed by atoms with Crippen molar-refractivity contribution in [3.05, 3.63) is 33.3 Å². The van der Waals surface area contributed by atoms with E-state index < -0.39 is 0 Å². The molecule has 1 rings (SSSR count). The van der Waals surface area contributed by atoms with E-state index in [9.17, 15) is 0 Å². The summed E-state index contributed by atoms with van der Waals surface area (Å²) in [4.78, 5) is 2.41. The molecule has 0 atom stereocenters. The van der Waals surface area contributed by atoms with Crippen LogP contribution in [0, 0.1) is 0 Å². The fourth-order valence-corrected chi connectivity index (χ4v) is 2.16. The molecule has 0 unspecified atom stereocenters. The van der Waals surface area contributed by atoms with Gasteiger partial charge in [-0.15, -0.1) is 0 Å². The van der Waals surface area contributed by atoms with Gasteiger partial charge in [0.1, 0.15) is 0 Å². The maximum atomic E-state index is 6.05. The van der Waals surface area contributed by atoms with Crippen molar-refractivity contribution in [1.82, 2.24) is 4.90 Å². The Labute approximate surface area is 106 Å². The summed E-state index contributed by atoms with van der Waals surface area (Å²) >= 11 is 9.58. The molecule has 0 saturated heterocycles. The minimum Gasteiger partial charge on any atom is -0.299 e. The molecule has 0 aliphatic rings. The fourth-order valence-electron chi connectivity index (χ4n) is 1.58. The number of hydrogen-bond acceptors (Lipinski definition) is 1. The Hall–Kier alpha value is -0.0500. The van der Waals surface area contributed by atoms with Crippen molar-refractivity contribution in [2.45, 2.75) is 26.8 Å². The van der Waals surface area contributed by atoms with Crippen LogP contribution in [0.3, 0.4) is 0 Å². The lowest BCUT2D eigenvalue weighted by molar-refractivity contribution is 0.280. The molecule has 1 aromatic rings. The van der Waals surface area contributed by atoms with E-state index in [1.165, 1.54) is 12.0 Å². The van der Waals surface area contributed by atoms with Gasteiger partial charge in [-0.2, -0.15) is 0 Å². The third-order valence-electron chi connectivity index (χ3n) is 2.41. The van der Waals surface area contributed by atoms with Crippen molar-refractivity contribution in [2.24, 2.45) is 0 Å². The summed E-state index contributed by atoms with van der Waals surface area (Å²) in [6.45, 7) is 7.57. The van der Waals surface area contributed by atoms with E-state index in [1.807, 2.05) is 12.1 Å². The van der Waals surface area contributed by atoms with E-state index in [0.717, 1.165) is 29.1 Å². The summed E-state index contributed by atoms with van der Waals surface area (Å²) in [5.41, 5.74) is 1.26. The van der Waals surface area contributed by atoms with Crippen LogP contribution in [-0.2, 0) is 6.54 Å². The zero-order valence-electron chi connectivity index (χ0n) is 9.26. The van der Waals surface area contributed by atoms with Gasteiger partial charge in [-0.25, -0.2) is 0 Å². The van der Waals surface area contributed by atoms with Gasteiger partial charge in [0.15, 0.2) is 0 Å². The summed E-state index contributed by atoms with van der Waals surface area (Å²) < 4.78 is 1.03. The number of halogens is 2. The Kier molecular flexibility index (Phi) is 5.65. The largest absolute Gasteiger partial charge is 0.299 e. The van der Waals surface area contributed by atoms with Gasteiger partial charge >= 0.3 is 0 Å². The van der Waals surface area contributed by atoms with Gasteiger partial charge in [0, 0.05) is 11.0 Å². The zero-order chi connectivity index (χ0) is 11.3. The second-order valence-corrected chi connectivity index (χ2v) is 4.78. The Bertz CT molecular complexity index is 314. The molecule has 1 aromatic carbocycles. The second kappa shape index (κ2) is 6.51. The summed E-state index contributed by atoms with van der Waals surface area (Å²) in [5.74, 6) is 0. The third kappa shape index (κ3) is 3.78. The lowest BCUT2D eigenvalue weighted by atomic mass is 10.2. The third-order valence-corrected chi connectivity index (χ3v) is 3.89. The molecule has 15 heavy (non-hydrogen) atoms. The smallest absolute Gasteiger partial charge is 0.0551 e. The van der Waals surface area contributed by atoms with E-state index in [2.05, 4.69) is 40.7 Å². The number of hydrogen-bond donors (Lipinski definition) is 0. The summed E-state index contributed by atoms with van der Waals surface area (Å²) in [6.07, 6.45) is 1.19. The molecular formula is C12H17BrClN. The zero-order valence-corrected chi connectivity index (χ0v) is 11.6. The first kappa shape index (κ1) is 13.0. The molecule has 0 radical (unpaired) electrons. The molecule has 0 saturated carbocycles. The monoisotopic (exact) mass is 289 g/mol. The molecular weight excluding hydrogens is 273 g/mol.